The van der Waals surface area contributed by atoms with E-state index in [1.165, 1.54) is 0 Å². The van der Waals surface area contributed by atoms with Crippen molar-refractivity contribution in [3.05, 3.63) is 35.9 Å². The largest absolute Gasteiger partial charge is 0.342 e. The van der Waals surface area contributed by atoms with E-state index in [0.717, 1.165) is 5.56 Å². The number of likely N-dealkylation sites (tertiary alicyclic amines) is 1. The van der Waals surface area contributed by atoms with E-state index in [1.54, 1.807) is 4.90 Å². The summed E-state index contributed by atoms with van der Waals surface area (Å²) in [5.41, 5.74) is 1.01. The molecule has 1 fully saturated rings. The maximum Gasteiger partial charge on any atom is 0.230 e. The van der Waals surface area contributed by atoms with E-state index in [2.05, 4.69) is 0 Å². The Balaban J connectivity index is 2.22. The maximum atomic E-state index is 11.8. The fourth-order valence-corrected chi connectivity index (χ4v) is 2.09. The van der Waals surface area contributed by atoms with Crippen molar-refractivity contribution in [2.24, 2.45) is 0 Å². The number of carbonyl (C=O) groups is 2. The second kappa shape index (κ2) is 4.47. The van der Waals surface area contributed by atoms with Gasteiger partial charge in [0.2, 0.25) is 5.91 Å². The van der Waals surface area contributed by atoms with Crippen LogP contribution in [-0.4, -0.2) is 29.7 Å². The van der Waals surface area contributed by atoms with Crippen molar-refractivity contribution in [2.75, 3.05) is 13.1 Å². The number of nitrogens with zero attached hydrogens (tertiary/aromatic N) is 1. The topological polar surface area (TPSA) is 37.4 Å². The lowest BCUT2D eigenvalue weighted by molar-refractivity contribution is -0.140. The highest BCUT2D eigenvalue weighted by molar-refractivity contribution is 6.03. The maximum absolute atomic E-state index is 11.8. The first-order valence-electron chi connectivity index (χ1n) is 5.57. The van der Waals surface area contributed by atoms with Gasteiger partial charge in [0, 0.05) is 13.1 Å². The average Bonchev–Trinajstić information content (AvgIpc) is 2.30. The Hall–Kier alpha value is -1.64. The Morgan fingerprint density at radius 2 is 1.94 bits per heavy atom. The molecule has 1 aliphatic rings. The molecule has 2 rings (SSSR count). The highest BCUT2D eigenvalue weighted by atomic mass is 16.2. The predicted molar refractivity (Wildman–Crippen MR) is 61.1 cm³/mol. The molecule has 1 aromatic carbocycles. The van der Waals surface area contributed by atoms with Crippen molar-refractivity contribution >= 4 is 11.7 Å². The lowest BCUT2D eigenvalue weighted by atomic mass is 9.89. The molecule has 0 N–H and O–H groups in total. The molecular formula is C13H15NO2. The number of piperidine rings is 1. The number of likely N-dealkylation sites (N-methyl/N-ethyl adjacent to an activating group) is 1. The zero-order valence-electron chi connectivity index (χ0n) is 9.35. The Labute approximate surface area is 95.1 Å². The van der Waals surface area contributed by atoms with Crippen molar-refractivity contribution < 1.29 is 9.59 Å². The molecule has 1 aliphatic heterocycles. The Kier molecular flexibility index (Phi) is 3.04. The molecule has 16 heavy (non-hydrogen) atoms. The summed E-state index contributed by atoms with van der Waals surface area (Å²) in [6.07, 6.45) is 0.0490. The lowest BCUT2D eigenvalue weighted by Gasteiger charge is -2.31. The van der Waals surface area contributed by atoms with E-state index in [0.29, 0.717) is 13.1 Å². The van der Waals surface area contributed by atoms with Gasteiger partial charge in [0.05, 0.1) is 12.3 Å². The van der Waals surface area contributed by atoms with Crippen LogP contribution >= 0.6 is 0 Å². The van der Waals surface area contributed by atoms with Crippen LogP contribution in [0.2, 0.25) is 0 Å². The first-order valence-corrected chi connectivity index (χ1v) is 5.57. The first kappa shape index (κ1) is 10.9. The lowest BCUT2D eigenvalue weighted by Crippen LogP contribution is -2.43. The van der Waals surface area contributed by atoms with Crippen molar-refractivity contribution in [2.45, 2.75) is 19.3 Å². The SMILES string of the molecule is CCN1CC(c2ccccc2)C(=O)CC1=O. The number of hydrogen-bond donors (Lipinski definition) is 0. The van der Waals surface area contributed by atoms with E-state index in [1.807, 2.05) is 37.3 Å². The summed E-state index contributed by atoms with van der Waals surface area (Å²) in [4.78, 5) is 25.1. The van der Waals surface area contributed by atoms with Gasteiger partial charge in [-0.25, -0.2) is 0 Å². The van der Waals surface area contributed by atoms with Crippen molar-refractivity contribution in [1.82, 2.24) is 4.90 Å². The number of benzene rings is 1. The standard InChI is InChI=1S/C13H15NO2/c1-2-14-9-11(12(15)8-13(14)16)10-6-4-3-5-7-10/h3-7,11H,2,8-9H2,1H3. The molecule has 1 atom stereocenters. The zero-order chi connectivity index (χ0) is 11.5. The summed E-state index contributed by atoms with van der Waals surface area (Å²) in [7, 11) is 0. The fourth-order valence-electron chi connectivity index (χ4n) is 2.09. The van der Waals surface area contributed by atoms with Crippen molar-refractivity contribution in [3.8, 4) is 0 Å². The molecule has 1 heterocycles. The number of hydrogen-bond acceptors (Lipinski definition) is 2. The highest BCUT2D eigenvalue weighted by Gasteiger charge is 2.32. The number of carbonyl (C=O) groups excluding carboxylic acids is 2. The molecule has 1 aromatic rings. The third-order valence-corrected chi connectivity index (χ3v) is 3.05. The van der Waals surface area contributed by atoms with Crippen LogP contribution in [0.25, 0.3) is 0 Å². The molecule has 84 valence electrons. The number of amides is 1. The van der Waals surface area contributed by atoms with Crippen molar-refractivity contribution in [1.29, 1.82) is 0 Å². The second-order valence-electron chi connectivity index (χ2n) is 4.04. The summed E-state index contributed by atoms with van der Waals surface area (Å²) >= 11 is 0. The molecule has 3 nitrogen and oxygen atoms in total. The monoisotopic (exact) mass is 217 g/mol. The van der Waals surface area contributed by atoms with Crippen LogP contribution in [0.15, 0.2) is 30.3 Å². The van der Waals surface area contributed by atoms with E-state index >= 15 is 0 Å². The van der Waals surface area contributed by atoms with Gasteiger partial charge in [0.1, 0.15) is 0 Å². The molecule has 0 aliphatic carbocycles. The first-order chi connectivity index (χ1) is 7.72. The highest BCUT2D eigenvalue weighted by Crippen LogP contribution is 2.24. The molecule has 0 bridgehead atoms. The molecule has 1 saturated heterocycles. The van der Waals surface area contributed by atoms with Crippen LogP contribution in [0.1, 0.15) is 24.8 Å². The number of Topliss-reactive ketones (excluding diaryl/α,β-unsaturated/α-hetero) is 1. The van der Waals surface area contributed by atoms with Crippen LogP contribution in [0, 0.1) is 0 Å². The number of ketones is 1. The fraction of sp³-hybridized carbons (Fsp3) is 0.385. The second-order valence-corrected chi connectivity index (χ2v) is 4.04. The van der Waals surface area contributed by atoms with Crippen LogP contribution in [-0.2, 0) is 9.59 Å². The molecule has 0 spiro atoms. The third kappa shape index (κ3) is 1.98. The van der Waals surface area contributed by atoms with Gasteiger partial charge in [-0.05, 0) is 12.5 Å². The molecule has 0 aromatic heterocycles. The van der Waals surface area contributed by atoms with Gasteiger partial charge in [-0.15, -0.1) is 0 Å². The average molecular weight is 217 g/mol. The van der Waals surface area contributed by atoms with E-state index < -0.39 is 0 Å². The Morgan fingerprint density at radius 3 is 2.56 bits per heavy atom. The summed E-state index contributed by atoms with van der Waals surface area (Å²) in [6, 6.07) is 9.68. The third-order valence-electron chi connectivity index (χ3n) is 3.05. The molecular weight excluding hydrogens is 202 g/mol. The quantitative estimate of drug-likeness (QED) is 0.705. The van der Waals surface area contributed by atoms with Gasteiger partial charge in [-0.3, -0.25) is 9.59 Å². The molecule has 0 radical (unpaired) electrons. The van der Waals surface area contributed by atoms with Gasteiger partial charge >= 0.3 is 0 Å². The van der Waals surface area contributed by atoms with Gasteiger partial charge in [0.15, 0.2) is 5.78 Å². The zero-order valence-corrected chi connectivity index (χ0v) is 9.35. The summed E-state index contributed by atoms with van der Waals surface area (Å²) in [6.45, 7) is 3.14. The summed E-state index contributed by atoms with van der Waals surface area (Å²) in [5.74, 6) is -0.139. The van der Waals surface area contributed by atoms with Gasteiger partial charge < -0.3 is 4.90 Å². The van der Waals surface area contributed by atoms with E-state index in [9.17, 15) is 9.59 Å². The smallest absolute Gasteiger partial charge is 0.230 e. The van der Waals surface area contributed by atoms with Crippen LogP contribution in [0.5, 0.6) is 0 Å². The molecule has 1 amide bonds. The Bertz CT molecular complexity index is 400. The minimum absolute atomic E-state index is 0.0420. The molecule has 0 saturated carbocycles. The normalized spacial score (nSPS) is 21.3. The minimum atomic E-state index is -0.140. The Morgan fingerprint density at radius 1 is 1.25 bits per heavy atom. The van der Waals surface area contributed by atoms with Crippen LogP contribution < -0.4 is 0 Å². The van der Waals surface area contributed by atoms with Gasteiger partial charge in [-0.2, -0.15) is 0 Å². The van der Waals surface area contributed by atoms with E-state index in [4.69, 9.17) is 0 Å². The molecule has 1 unspecified atom stereocenters. The number of rotatable bonds is 2. The van der Waals surface area contributed by atoms with E-state index in [-0.39, 0.29) is 24.0 Å². The van der Waals surface area contributed by atoms with Crippen LogP contribution in [0.4, 0.5) is 0 Å². The predicted octanol–water partition coefficient (Wildman–Crippen LogP) is 1.59. The summed E-state index contributed by atoms with van der Waals surface area (Å²) < 4.78 is 0. The van der Waals surface area contributed by atoms with Crippen molar-refractivity contribution in [3.63, 3.8) is 0 Å². The van der Waals surface area contributed by atoms with Gasteiger partial charge in [-0.1, -0.05) is 30.3 Å². The van der Waals surface area contributed by atoms with Crippen LogP contribution in [0.3, 0.4) is 0 Å². The van der Waals surface area contributed by atoms with Gasteiger partial charge in [0.25, 0.3) is 0 Å². The molecule has 3 heteroatoms. The minimum Gasteiger partial charge on any atom is -0.342 e. The summed E-state index contributed by atoms with van der Waals surface area (Å²) in [5, 5.41) is 0.